The summed E-state index contributed by atoms with van der Waals surface area (Å²) in [5.41, 5.74) is 0.514. The first-order valence-corrected chi connectivity index (χ1v) is 6.15. The molecule has 1 heterocycles. The number of nitrogens with zero attached hydrogens (tertiary/aromatic N) is 2. The molecule has 5 heteroatoms. The van der Waals surface area contributed by atoms with E-state index in [4.69, 9.17) is 21.6 Å². The molecule has 2 rings (SSSR count). The number of pyridine rings is 1. The van der Waals surface area contributed by atoms with E-state index in [-0.39, 0.29) is 0 Å². The number of benzene rings is 1. The van der Waals surface area contributed by atoms with Gasteiger partial charge in [0.15, 0.2) is 0 Å². The van der Waals surface area contributed by atoms with Gasteiger partial charge in [-0.2, -0.15) is 5.26 Å². The highest BCUT2D eigenvalue weighted by Crippen LogP contribution is 2.22. The standard InChI is InChI=1S/C14H12ClN3O/c15-12-5-1-2-6-13(12)19-9-8-18-14-11(10-16)4-3-7-17-14/h1-7H,8-9H2,(H,17,18). The van der Waals surface area contributed by atoms with Crippen LogP contribution in [-0.4, -0.2) is 18.1 Å². The fourth-order valence-electron chi connectivity index (χ4n) is 1.53. The Balaban J connectivity index is 1.85. The van der Waals surface area contributed by atoms with Crippen molar-refractivity contribution in [2.75, 3.05) is 18.5 Å². The minimum absolute atomic E-state index is 0.436. The Morgan fingerprint density at radius 3 is 2.89 bits per heavy atom. The lowest BCUT2D eigenvalue weighted by atomic mass is 10.3. The van der Waals surface area contributed by atoms with E-state index >= 15 is 0 Å². The predicted octanol–water partition coefficient (Wildman–Crippen LogP) is 3.10. The number of para-hydroxylation sites is 1. The van der Waals surface area contributed by atoms with Gasteiger partial charge in [0.05, 0.1) is 17.1 Å². The largest absolute Gasteiger partial charge is 0.490 e. The number of rotatable bonds is 5. The molecule has 0 bridgehead atoms. The molecule has 19 heavy (non-hydrogen) atoms. The molecule has 0 amide bonds. The van der Waals surface area contributed by atoms with Crippen molar-refractivity contribution in [1.29, 1.82) is 5.26 Å². The molecule has 0 aliphatic heterocycles. The van der Waals surface area contributed by atoms with Gasteiger partial charge in [0, 0.05) is 6.20 Å². The van der Waals surface area contributed by atoms with Crippen molar-refractivity contribution in [3.05, 3.63) is 53.2 Å². The molecule has 2 aromatic rings. The Labute approximate surface area is 116 Å². The lowest BCUT2D eigenvalue weighted by Gasteiger charge is -2.09. The number of hydrogen-bond acceptors (Lipinski definition) is 4. The molecule has 1 aromatic heterocycles. The Hall–Kier alpha value is -2.25. The van der Waals surface area contributed by atoms with E-state index in [1.807, 2.05) is 18.2 Å². The van der Waals surface area contributed by atoms with Gasteiger partial charge < -0.3 is 10.1 Å². The smallest absolute Gasteiger partial charge is 0.144 e. The maximum Gasteiger partial charge on any atom is 0.144 e. The topological polar surface area (TPSA) is 57.9 Å². The normalized spacial score (nSPS) is 9.68. The molecular formula is C14H12ClN3O. The number of nitriles is 1. The highest BCUT2D eigenvalue weighted by Gasteiger charge is 2.02. The molecule has 1 aromatic carbocycles. The molecule has 1 N–H and O–H groups in total. The van der Waals surface area contributed by atoms with Crippen LogP contribution in [0.4, 0.5) is 5.82 Å². The minimum atomic E-state index is 0.436. The second kappa shape index (κ2) is 6.62. The molecule has 0 aliphatic carbocycles. The van der Waals surface area contributed by atoms with Crippen molar-refractivity contribution in [3.8, 4) is 11.8 Å². The number of ether oxygens (including phenoxy) is 1. The second-order valence-corrected chi connectivity index (χ2v) is 4.12. The Morgan fingerprint density at radius 1 is 1.26 bits per heavy atom. The van der Waals surface area contributed by atoms with Gasteiger partial charge in [0.25, 0.3) is 0 Å². The van der Waals surface area contributed by atoms with Crippen LogP contribution in [0.1, 0.15) is 5.56 Å². The van der Waals surface area contributed by atoms with Gasteiger partial charge >= 0.3 is 0 Å². The van der Waals surface area contributed by atoms with Gasteiger partial charge in [-0.15, -0.1) is 0 Å². The maximum absolute atomic E-state index is 8.91. The van der Waals surface area contributed by atoms with Gasteiger partial charge in [-0.3, -0.25) is 0 Å². The van der Waals surface area contributed by atoms with Crippen molar-refractivity contribution in [1.82, 2.24) is 4.98 Å². The Bertz CT molecular complexity index is 595. The van der Waals surface area contributed by atoms with Crippen LogP contribution in [-0.2, 0) is 0 Å². The van der Waals surface area contributed by atoms with E-state index in [0.29, 0.717) is 35.3 Å². The molecule has 0 radical (unpaired) electrons. The molecule has 96 valence electrons. The average molecular weight is 274 g/mol. The van der Waals surface area contributed by atoms with Crippen LogP contribution < -0.4 is 10.1 Å². The second-order valence-electron chi connectivity index (χ2n) is 3.72. The van der Waals surface area contributed by atoms with E-state index in [0.717, 1.165) is 0 Å². The molecule has 0 saturated carbocycles. The van der Waals surface area contributed by atoms with Crippen LogP contribution in [0, 0.1) is 11.3 Å². The summed E-state index contributed by atoms with van der Waals surface area (Å²) in [6.07, 6.45) is 1.64. The van der Waals surface area contributed by atoms with Crippen molar-refractivity contribution < 1.29 is 4.74 Å². The first-order valence-electron chi connectivity index (χ1n) is 5.77. The zero-order chi connectivity index (χ0) is 13.5. The first-order chi connectivity index (χ1) is 9.31. The minimum Gasteiger partial charge on any atom is -0.490 e. The quantitative estimate of drug-likeness (QED) is 0.851. The molecule has 0 unspecified atom stereocenters. The van der Waals surface area contributed by atoms with E-state index in [2.05, 4.69) is 16.4 Å². The summed E-state index contributed by atoms with van der Waals surface area (Å²) in [6.45, 7) is 0.974. The monoisotopic (exact) mass is 273 g/mol. The summed E-state index contributed by atoms with van der Waals surface area (Å²) >= 11 is 5.97. The lowest BCUT2D eigenvalue weighted by molar-refractivity contribution is 0.333. The summed E-state index contributed by atoms with van der Waals surface area (Å²) in [5, 5.41) is 12.5. The predicted molar refractivity (Wildman–Crippen MR) is 74.4 cm³/mol. The van der Waals surface area contributed by atoms with Crippen LogP contribution >= 0.6 is 11.6 Å². The van der Waals surface area contributed by atoms with E-state index in [9.17, 15) is 0 Å². The molecule has 0 aliphatic rings. The van der Waals surface area contributed by atoms with E-state index in [1.54, 1.807) is 24.4 Å². The molecule has 0 atom stereocenters. The van der Waals surface area contributed by atoms with Crippen LogP contribution in [0.3, 0.4) is 0 Å². The van der Waals surface area contributed by atoms with Crippen molar-refractivity contribution in [3.63, 3.8) is 0 Å². The third kappa shape index (κ3) is 3.60. The summed E-state index contributed by atoms with van der Waals surface area (Å²) in [4.78, 5) is 4.10. The van der Waals surface area contributed by atoms with Crippen LogP contribution in [0.5, 0.6) is 5.75 Å². The van der Waals surface area contributed by atoms with E-state index in [1.165, 1.54) is 0 Å². The first kappa shape index (κ1) is 13.2. The highest BCUT2D eigenvalue weighted by atomic mass is 35.5. The van der Waals surface area contributed by atoms with Gasteiger partial charge in [-0.25, -0.2) is 4.98 Å². The third-order valence-corrected chi connectivity index (χ3v) is 2.73. The third-order valence-electron chi connectivity index (χ3n) is 2.42. The van der Waals surface area contributed by atoms with Gasteiger partial charge in [-0.05, 0) is 24.3 Å². The fourth-order valence-corrected chi connectivity index (χ4v) is 1.72. The van der Waals surface area contributed by atoms with Crippen LogP contribution in [0.2, 0.25) is 5.02 Å². The number of hydrogen-bond donors (Lipinski definition) is 1. The maximum atomic E-state index is 8.91. The zero-order valence-corrected chi connectivity index (χ0v) is 10.9. The summed E-state index contributed by atoms with van der Waals surface area (Å²) in [6, 6.07) is 12.8. The van der Waals surface area contributed by atoms with Crippen LogP contribution in [0.15, 0.2) is 42.6 Å². The van der Waals surface area contributed by atoms with Crippen molar-refractivity contribution in [2.45, 2.75) is 0 Å². The van der Waals surface area contributed by atoms with Gasteiger partial charge in [0.2, 0.25) is 0 Å². The highest BCUT2D eigenvalue weighted by molar-refractivity contribution is 6.32. The molecule has 0 saturated heterocycles. The zero-order valence-electron chi connectivity index (χ0n) is 10.1. The molecular weight excluding hydrogens is 262 g/mol. The van der Waals surface area contributed by atoms with Gasteiger partial charge in [0.1, 0.15) is 24.2 Å². The van der Waals surface area contributed by atoms with Gasteiger partial charge in [-0.1, -0.05) is 23.7 Å². The summed E-state index contributed by atoms with van der Waals surface area (Å²) in [5.74, 6) is 1.21. The van der Waals surface area contributed by atoms with Crippen LogP contribution in [0.25, 0.3) is 0 Å². The fraction of sp³-hybridized carbons (Fsp3) is 0.143. The molecule has 0 fully saturated rings. The lowest BCUT2D eigenvalue weighted by Crippen LogP contribution is -2.13. The molecule has 0 spiro atoms. The number of anilines is 1. The van der Waals surface area contributed by atoms with E-state index < -0.39 is 0 Å². The van der Waals surface area contributed by atoms with Crippen molar-refractivity contribution >= 4 is 17.4 Å². The number of halogens is 1. The Kier molecular flexibility index (Phi) is 4.60. The number of aromatic nitrogens is 1. The average Bonchev–Trinajstić information content (AvgIpc) is 2.45. The number of nitrogens with one attached hydrogen (secondary N) is 1. The van der Waals surface area contributed by atoms with Crippen molar-refractivity contribution in [2.24, 2.45) is 0 Å². The summed E-state index contributed by atoms with van der Waals surface area (Å²) < 4.78 is 5.53. The Morgan fingerprint density at radius 2 is 2.11 bits per heavy atom. The summed E-state index contributed by atoms with van der Waals surface area (Å²) in [7, 11) is 0. The molecule has 4 nitrogen and oxygen atoms in total. The SMILES string of the molecule is N#Cc1cccnc1NCCOc1ccccc1Cl.